The molecule has 0 aromatic carbocycles. The molecular weight excluding hydrogens is 270 g/mol. The summed E-state index contributed by atoms with van der Waals surface area (Å²) in [5.41, 5.74) is 0. The lowest BCUT2D eigenvalue weighted by atomic mass is 10.1. The summed E-state index contributed by atoms with van der Waals surface area (Å²) in [6, 6.07) is 0. The highest BCUT2D eigenvalue weighted by Crippen LogP contribution is 2.12. The number of rotatable bonds is 18. The van der Waals surface area contributed by atoms with Crippen molar-refractivity contribution >= 4 is 0 Å². The summed E-state index contributed by atoms with van der Waals surface area (Å²) >= 11 is 0. The van der Waals surface area contributed by atoms with Gasteiger partial charge in [-0.1, -0.05) is 91.4 Å². The van der Waals surface area contributed by atoms with Crippen LogP contribution in [0.15, 0.2) is 0 Å². The van der Waals surface area contributed by atoms with Gasteiger partial charge in [0.2, 0.25) is 0 Å². The topological polar surface area (TPSA) is 21.3 Å². The van der Waals surface area contributed by atoms with Crippen LogP contribution in [0, 0.1) is 0 Å². The first-order valence-corrected chi connectivity index (χ1v) is 10.2. The van der Waals surface area contributed by atoms with E-state index in [2.05, 4.69) is 26.1 Å². The van der Waals surface area contributed by atoms with E-state index in [1.165, 1.54) is 83.5 Å². The van der Waals surface area contributed by atoms with E-state index in [4.69, 9.17) is 4.74 Å². The minimum absolute atomic E-state index is 0.271. The van der Waals surface area contributed by atoms with E-state index in [-0.39, 0.29) is 6.23 Å². The summed E-state index contributed by atoms with van der Waals surface area (Å²) in [5.74, 6) is 0. The second-order valence-corrected chi connectivity index (χ2v) is 6.61. The lowest BCUT2D eigenvalue weighted by molar-refractivity contribution is 0.0252. The first kappa shape index (κ1) is 21.9. The number of hydrogen-bond acceptors (Lipinski definition) is 2. The number of unbranched alkanes of at least 4 members (excludes halogenated alkanes) is 11. The standard InChI is InChI=1S/C20H43NO/c1-4-7-8-9-10-11-12-13-14-15-16-17-19-22-20(6-3)21-18-5-2/h20-21H,4-19H2,1-3H3. The molecule has 0 radical (unpaired) electrons. The average Bonchev–Trinajstić information content (AvgIpc) is 2.54. The van der Waals surface area contributed by atoms with Gasteiger partial charge in [-0.2, -0.15) is 0 Å². The fourth-order valence-corrected chi connectivity index (χ4v) is 2.80. The quantitative estimate of drug-likeness (QED) is 0.232. The van der Waals surface area contributed by atoms with Crippen LogP contribution in [0.4, 0.5) is 0 Å². The minimum Gasteiger partial charge on any atom is -0.363 e. The highest BCUT2D eigenvalue weighted by Gasteiger charge is 2.03. The molecule has 0 aromatic heterocycles. The predicted octanol–water partition coefficient (Wildman–Crippen LogP) is 6.44. The maximum Gasteiger partial charge on any atom is 0.107 e. The summed E-state index contributed by atoms with van der Waals surface area (Å²) < 4.78 is 5.87. The molecule has 0 heterocycles. The molecule has 0 saturated heterocycles. The molecular formula is C20H43NO. The van der Waals surface area contributed by atoms with Crippen LogP contribution in [-0.4, -0.2) is 19.4 Å². The van der Waals surface area contributed by atoms with Gasteiger partial charge in [-0.25, -0.2) is 0 Å². The predicted molar refractivity (Wildman–Crippen MR) is 99.4 cm³/mol. The normalized spacial score (nSPS) is 12.7. The molecule has 2 nitrogen and oxygen atoms in total. The van der Waals surface area contributed by atoms with Gasteiger partial charge in [0.05, 0.1) is 0 Å². The van der Waals surface area contributed by atoms with Crippen LogP contribution in [0.5, 0.6) is 0 Å². The Morgan fingerprint density at radius 1 is 0.636 bits per heavy atom. The zero-order chi connectivity index (χ0) is 16.3. The van der Waals surface area contributed by atoms with E-state index in [1.807, 2.05) is 0 Å². The summed E-state index contributed by atoms with van der Waals surface area (Å²) in [5, 5.41) is 3.44. The molecule has 2 heteroatoms. The highest BCUT2D eigenvalue weighted by molar-refractivity contribution is 4.53. The van der Waals surface area contributed by atoms with Crippen LogP contribution < -0.4 is 5.32 Å². The van der Waals surface area contributed by atoms with Crippen molar-refractivity contribution in [1.29, 1.82) is 0 Å². The first-order valence-electron chi connectivity index (χ1n) is 10.2. The van der Waals surface area contributed by atoms with E-state index in [0.717, 1.165) is 19.6 Å². The van der Waals surface area contributed by atoms with E-state index in [1.54, 1.807) is 0 Å². The monoisotopic (exact) mass is 313 g/mol. The molecule has 0 fully saturated rings. The Kier molecular flexibility index (Phi) is 18.9. The molecule has 1 atom stereocenters. The van der Waals surface area contributed by atoms with Gasteiger partial charge in [-0.05, 0) is 25.8 Å². The molecule has 1 unspecified atom stereocenters. The smallest absolute Gasteiger partial charge is 0.107 e. The Morgan fingerprint density at radius 3 is 1.59 bits per heavy atom. The first-order chi connectivity index (χ1) is 10.8. The maximum absolute atomic E-state index is 5.87. The van der Waals surface area contributed by atoms with Gasteiger partial charge < -0.3 is 4.74 Å². The SMILES string of the molecule is CCCCCCCCCCCCCCOC(CC)NCCC. The average molecular weight is 314 g/mol. The van der Waals surface area contributed by atoms with E-state index >= 15 is 0 Å². The summed E-state index contributed by atoms with van der Waals surface area (Å²) in [6.07, 6.45) is 19.4. The van der Waals surface area contributed by atoms with Gasteiger partial charge in [-0.3, -0.25) is 5.32 Å². The molecule has 134 valence electrons. The lowest BCUT2D eigenvalue weighted by Gasteiger charge is -2.17. The Hall–Kier alpha value is -0.0800. The molecule has 0 saturated carbocycles. The second-order valence-electron chi connectivity index (χ2n) is 6.61. The van der Waals surface area contributed by atoms with Crippen molar-refractivity contribution in [2.75, 3.05) is 13.2 Å². The van der Waals surface area contributed by atoms with Crippen LogP contribution in [0.25, 0.3) is 0 Å². The third kappa shape index (κ3) is 16.3. The molecule has 22 heavy (non-hydrogen) atoms. The van der Waals surface area contributed by atoms with Gasteiger partial charge in [0.25, 0.3) is 0 Å². The number of ether oxygens (including phenoxy) is 1. The summed E-state index contributed by atoms with van der Waals surface area (Å²) in [7, 11) is 0. The molecule has 0 aliphatic carbocycles. The van der Waals surface area contributed by atoms with Crippen LogP contribution in [0.3, 0.4) is 0 Å². The summed E-state index contributed by atoms with van der Waals surface area (Å²) in [6.45, 7) is 8.67. The van der Waals surface area contributed by atoms with E-state index in [9.17, 15) is 0 Å². The lowest BCUT2D eigenvalue weighted by Crippen LogP contribution is -2.32. The number of nitrogens with one attached hydrogen (secondary N) is 1. The van der Waals surface area contributed by atoms with Crippen molar-refractivity contribution in [2.45, 2.75) is 117 Å². The van der Waals surface area contributed by atoms with Crippen LogP contribution in [0.2, 0.25) is 0 Å². The largest absolute Gasteiger partial charge is 0.363 e. The third-order valence-corrected chi connectivity index (χ3v) is 4.31. The van der Waals surface area contributed by atoms with Crippen molar-refractivity contribution in [3.63, 3.8) is 0 Å². The Bertz CT molecular complexity index is 196. The maximum atomic E-state index is 5.87. The molecule has 0 spiro atoms. The molecule has 0 rings (SSSR count). The molecule has 0 amide bonds. The van der Waals surface area contributed by atoms with E-state index < -0.39 is 0 Å². The van der Waals surface area contributed by atoms with Gasteiger partial charge in [-0.15, -0.1) is 0 Å². The Balaban J connectivity index is 3.13. The van der Waals surface area contributed by atoms with Crippen molar-refractivity contribution in [1.82, 2.24) is 5.32 Å². The van der Waals surface area contributed by atoms with E-state index in [0.29, 0.717) is 0 Å². The summed E-state index contributed by atoms with van der Waals surface area (Å²) in [4.78, 5) is 0. The molecule has 0 bridgehead atoms. The zero-order valence-corrected chi connectivity index (χ0v) is 15.8. The van der Waals surface area contributed by atoms with Crippen molar-refractivity contribution in [3.05, 3.63) is 0 Å². The number of hydrogen-bond donors (Lipinski definition) is 1. The van der Waals surface area contributed by atoms with Gasteiger partial charge in [0, 0.05) is 6.61 Å². The van der Waals surface area contributed by atoms with Gasteiger partial charge in [0.15, 0.2) is 0 Å². The fraction of sp³-hybridized carbons (Fsp3) is 1.00. The van der Waals surface area contributed by atoms with Crippen molar-refractivity contribution in [3.8, 4) is 0 Å². The minimum atomic E-state index is 0.271. The van der Waals surface area contributed by atoms with Crippen LogP contribution in [-0.2, 0) is 4.74 Å². The Labute approximate surface area is 140 Å². The highest BCUT2D eigenvalue weighted by atomic mass is 16.5. The van der Waals surface area contributed by atoms with Crippen molar-refractivity contribution < 1.29 is 4.74 Å². The molecule has 0 aliphatic rings. The second kappa shape index (κ2) is 19.0. The molecule has 0 aliphatic heterocycles. The zero-order valence-electron chi connectivity index (χ0n) is 15.8. The van der Waals surface area contributed by atoms with Gasteiger partial charge in [0.1, 0.15) is 6.23 Å². The third-order valence-electron chi connectivity index (χ3n) is 4.31. The Morgan fingerprint density at radius 2 is 1.14 bits per heavy atom. The fourth-order valence-electron chi connectivity index (χ4n) is 2.80. The van der Waals surface area contributed by atoms with Gasteiger partial charge >= 0.3 is 0 Å². The van der Waals surface area contributed by atoms with Crippen LogP contribution >= 0.6 is 0 Å². The van der Waals surface area contributed by atoms with Crippen molar-refractivity contribution in [2.24, 2.45) is 0 Å². The molecule has 0 aromatic rings. The molecule has 1 N–H and O–H groups in total. The van der Waals surface area contributed by atoms with Crippen LogP contribution in [0.1, 0.15) is 111 Å².